The molecule has 6 heteroatoms. The summed E-state index contributed by atoms with van der Waals surface area (Å²) in [5.41, 5.74) is 8.40. The molecule has 6 nitrogen and oxygen atoms in total. The third-order valence-corrected chi connectivity index (χ3v) is 7.10. The van der Waals surface area contributed by atoms with E-state index in [1.54, 1.807) is 13.1 Å². The summed E-state index contributed by atoms with van der Waals surface area (Å²) in [6.07, 6.45) is 8.89. The van der Waals surface area contributed by atoms with Gasteiger partial charge in [0.1, 0.15) is 5.75 Å². The molecule has 0 aliphatic heterocycles. The summed E-state index contributed by atoms with van der Waals surface area (Å²) >= 11 is 0. The van der Waals surface area contributed by atoms with Crippen molar-refractivity contribution in [3.63, 3.8) is 0 Å². The number of aromatic amines is 1. The standard InChI is InChI=1S/C34H39N3O3/c1-4-30(31-12-9-8-11-25(31)2)34(27-16-19-32-28(23-27)24-35-36-32)26-14-17-29(18-15-26)40-22-10-6-5-7-13-33(39)37(3)20-21-38/h7-9,11-19,23-24,38H,4-6,10,20-22H2,1-3H3,(H,35,36)/b13-7+,34-30+. The minimum absolute atomic E-state index is 0.0283. The van der Waals surface area contributed by atoms with E-state index < -0.39 is 0 Å². The number of aromatic nitrogens is 2. The monoisotopic (exact) mass is 537 g/mol. The average Bonchev–Trinajstić information content (AvgIpc) is 3.44. The summed E-state index contributed by atoms with van der Waals surface area (Å²) in [6.45, 7) is 5.32. The van der Waals surface area contributed by atoms with Crippen LogP contribution >= 0.6 is 0 Å². The van der Waals surface area contributed by atoms with Crippen LogP contribution in [0.1, 0.15) is 54.9 Å². The molecule has 0 radical (unpaired) electrons. The number of likely N-dealkylation sites (N-methyl/N-ethyl adjacent to an activating group) is 1. The van der Waals surface area contributed by atoms with Gasteiger partial charge < -0.3 is 14.7 Å². The molecule has 0 aliphatic rings. The zero-order valence-electron chi connectivity index (χ0n) is 23.7. The number of aryl methyl sites for hydroxylation is 1. The number of ether oxygens (including phenoxy) is 1. The molecule has 0 saturated carbocycles. The summed E-state index contributed by atoms with van der Waals surface area (Å²) in [6, 6.07) is 23.4. The van der Waals surface area contributed by atoms with Gasteiger partial charge in [-0.15, -0.1) is 0 Å². The van der Waals surface area contributed by atoms with E-state index in [9.17, 15) is 4.79 Å². The van der Waals surface area contributed by atoms with Crippen LogP contribution in [0.15, 0.2) is 85.1 Å². The summed E-state index contributed by atoms with van der Waals surface area (Å²) in [7, 11) is 1.69. The predicted molar refractivity (Wildman–Crippen MR) is 163 cm³/mol. The molecule has 1 amide bonds. The number of nitrogens with one attached hydrogen (secondary N) is 1. The van der Waals surface area contributed by atoms with Gasteiger partial charge in [0.2, 0.25) is 5.91 Å². The molecule has 208 valence electrons. The first kappa shape index (κ1) is 28.8. The minimum Gasteiger partial charge on any atom is -0.494 e. The predicted octanol–water partition coefficient (Wildman–Crippen LogP) is 6.80. The second-order valence-corrected chi connectivity index (χ2v) is 9.95. The lowest BCUT2D eigenvalue weighted by Crippen LogP contribution is -2.27. The Morgan fingerprint density at radius 2 is 1.82 bits per heavy atom. The largest absolute Gasteiger partial charge is 0.494 e. The lowest BCUT2D eigenvalue weighted by atomic mass is 9.86. The average molecular weight is 538 g/mol. The van der Waals surface area contributed by atoms with Crippen molar-refractivity contribution in [1.82, 2.24) is 15.1 Å². The molecule has 0 fully saturated rings. The van der Waals surface area contributed by atoms with E-state index in [0.29, 0.717) is 13.2 Å². The van der Waals surface area contributed by atoms with Crippen LogP contribution in [0.3, 0.4) is 0 Å². The first-order chi connectivity index (χ1) is 19.5. The number of nitrogens with zero attached hydrogens (tertiary/aromatic N) is 2. The van der Waals surface area contributed by atoms with Gasteiger partial charge >= 0.3 is 0 Å². The number of aliphatic hydroxyl groups is 1. The second kappa shape index (κ2) is 14.3. The molecule has 2 N–H and O–H groups in total. The number of carbonyl (C=O) groups excluding carboxylic acids is 1. The topological polar surface area (TPSA) is 78.5 Å². The Kier molecular flexibility index (Phi) is 10.3. The van der Waals surface area contributed by atoms with E-state index in [1.165, 1.54) is 27.2 Å². The van der Waals surface area contributed by atoms with Gasteiger partial charge in [-0.1, -0.05) is 55.5 Å². The van der Waals surface area contributed by atoms with Crippen LogP contribution in [-0.4, -0.2) is 52.9 Å². The minimum atomic E-state index is -0.0860. The fraction of sp³-hybridized carbons (Fsp3) is 0.294. The number of allylic oxidation sites excluding steroid dienone is 2. The van der Waals surface area contributed by atoms with Gasteiger partial charge in [0.15, 0.2) is 0 Å². The number of hydrogen-bond acceptors (Lipinski definition) is 4. The van der Waals surface area contributed by atoms with Gasteiger partial charge in [0.05, 0.1) is 24.9 Å². The molecule has 4 rings (SSSR count). The molecular weight excluding hydrogens is 498 g/mol. The van der Waals surface area contributed by atoms with E-state index in [-0.39, 0.29) is 12.5 Å². The van der Waals surface area contributed by atoms with Crippen molar-refractivity contribution >= 4 is 28.0 Å². The fourth-order valence-corrected chi connectivity index (χ4v) is 4.87. The molecule has 1 aromatic heterocycles. The normalized spacial score (nSPS) is 12.1. The Balaban J connectivity index is 1.47. The molecular formula is C34H39N3O3. The van der Waals surface area contributed by atoms with E-state index in [0.717, 1.165) is 53.5 Å². The highest BCUT2D eigenvalue weighted by Gasteiger charge is 2.15. The van der Waals surface area contributed by atoms with Crippen LogP contribution < -0.4 is 4.74 Å². The molecule has 0 spiro atoms. The molecule has 1 heterocycles. The summed E-state index contributed by atoms with van der Waals surface area (Å²) in [5.74, 6) is 0.760. The number of benzene rings is 3. The van der Waals surface area contributed by atoms with Gasteiger partial charge in [-0.05, 0) is 96.3 Å². The van der Waals surface area contributed by atoms with Crippen LogP contribution in [0, 0.1) is 6.92 Å². The Morgan fingerprint density at radius 3 is 2.58 bits per heavy atom. The van der Waals surface area contributed by atoms with Crippen LogP contribution in [0.4, 0.5) is 0 Å². The van der Waals surface area contributed by atoms with Gasteiger partial charge in [-0.2, -0.15) is 5.10 Å². The highest BCUT2D eigenvalue weighted by molar-refractivity contribution is 6.00. The number of unbranched alkanes of at least 4 members (excludes halogenated alkanes) is 2. The Hall–Kier alpha value is -4.16. The van der Waals surface area contributed by atoms with Crippen molar-refractivity contribution in [3.05, 3.63) is 107 Å². The third kappa shape index (κ3) is 7.27. The molecule has 0 saturated heterocycles. The quantitative estimate of drug-likeness (QED) is 0.112. The van der Waals surface area contributed by atoms with Crippen molar-refractivity contribution in [2.24, 2.45) is 0 Å². The zero-order valence-corrected chi connectivity index (χ0v) is 23.7. The number of aliphatic hydroxyl groups excluding tert-OH is 1. The Labute approximate surface area is 237 Å². The summed E-state index contributed by atoms with van der Waals surface area (Å²) in [5, 5.41) is 17.3. The number of fused-ring (bicyclic) bond motifs is 1. The van der Waals surface area contributed by atoms with Crippen molar-refractivity contribution in [1.29, 1.82) is 0 Å². The van der Waals surface area contributed by atoms with Gasteiger partial charge in [0.25, 0.3) is 0 Å². The maximum atomic E-state index is 11.9. The molecule has 4 aromatic rings. The van der Waals surface area contributed by atoms with Crippen LogP contribution in [0.2, 0.25) is 0 Å². The second-order valence-electron chi connectivity index (χ2n) is 9.95. The molecule has 3 aromatic carbocycles. The maximum absolute atomic E-state index is 11.9. The van der Waals surface area contributed by atoms with E-state index in [2.05, 4.69) is 78.6 Å². The first-order valence-corrected chi connectivity index (χ1v) is 14.0. The van der Waals surface area contributed by atoms with Crippen molar-refractivity contribution in [2.75, 3.05) is 26.8 Å². The number of hydrogen-bond donors (Lipinski definition) is 2. The van der Waals surface area contributed by atoms with E-state index in [4.69, 9.17) is 9.84 Å². The maximum Gasteiger partial charge on any atom is 0.246 e. The smallest absolute Gasteiger partial charge is 0.246 e. The molecule has 40 heavy (non-hydrogen) atoms. The number of amides is 1. The Bertz CT molecular complexity index is 1470. The fourth-order valence-electron chi connectivity index (χ4n) is 4.87. The van der Waals surface area contributed by atoms with E-state index >= 15 is 0 Å². The molecule has 0 aliphatic carbocycles. The highest BCUT2D eigenvalue weighted by atomic mass is 16.5. The van der Waals surface area contributed by atoms with Crippen LogP contribution in [0.5, 0.6) is 5.75 Å². The lowest BCUT2D eigenvalue weighted by molar-refractivity contribution is -0.125. The number of H-pyrrole nitrogens is 1. The first-order valence-electron chi connectivity index (χ1n) is 14.0. The molecule has 0 atom stereocenters. The van der Waals surface area contributed by atoms with Crippen molar-refractivity contribution in [3.8, 4) is 5.75 Å². The van der Waals surface area contributed by atoms with Gasteiger partial charge in [0, 0.05) is 19.0 Å². The Morgan fingerprint density at radius 1 is 1.05 bits per heavy atom. The lowest BCUT2D eigenvalue weighted by Gasteiger charge is -2.18. The molecule has 0 unspecified atom stereocenters. The van der Waals surface area contributed by atoms with E-state index in [1.807, 2.05) is 24.4 Å². The van der Waals surface area contributed by atoms with Crippen molar-refractivity contribution in [2.45, 2.75) is 39.5 Å². The van der Waals surface area contributed by atoms with Gasteiger partial charge in [-0.3, -0.25) is 9.89 Å². The van der Waals surface area contributed by atoms with Crippen LogP contribution in [-0.2, 0) is 4.79 Å². The zero-order chi connectivity index (χ0) is 28.3. The summed E-state index contributed by atoms with van der Waals surface area (Å²) in [4.78, 5) is 13.4. The third-order valence-electron chi connectivity index (χ3n) is 7.10. The highest BCUT2D eigenvalue weighted by Crippen LogP contribution is 2.37. The van der Waals surface area contributed by atoms with Gasteiger partial charge in [-0.25, -0.2) is 0 Å². The SMILES string of the molecule is CC/C(=C(/c1ccc(OCCCC/C=C/C(=O)N(C)CCO)cc1)c1ccc2[nH]ncc2c1)c1ccccc1C. The number of carbonyl (C=O) groups is 1. The number of rotatable bonds is 13. The summed E-state index contributed by atoms with van der Waals surface area (Å²) < 4.78 is 6.03. The van der Waals surface area contributed by atoms with Crippen LogP contribution in [0.25, 0.3) is 22.0 Å². The molecule has 0 bridgehead atoms. The van der Waals surface area contributed by atoms with Crippen molar-refractivity contribution < 1.29 is 14.6 Å².